The molecule has 2 rings (SSSR count). The topological polar surface area (TPSA) is 32.7 Å². The number of aliphatic hydroxyl groups is 1. The summed E-state index contributed by atoms with van der Waals surface area (Å²) in [6.45, 7) is 3.41. The summed E-state index contributed by atoms with van der Waals surface area (Å²) in [5.74, 6) is 0. The third kappa shape index (κ3) is 2.81. The zero-order valence-electron chi connectivity index (χ0n) is 10.2. The van der Waals surface area contributed by atoms with E-state index in [1.165, 1.54) is 0 Å². The zero-order valence-corrected chi connectivity index (χ0v) is 11.8. The number of ether oxygens (including phenoxy) is 1. The first-order valence-electron chi connectivity index (χ1n) is 5.87. The number of nitrogens with zero attached hydrogens (tertiary/aromatic N) is 1. The molecule has 1 aliphatic rings. The fourth-order valence-corrected chi connectivity index (χ4v) is 2.77. The fraction of sp³-hybridized carbons (Fsp3) is 0.538. The van der Waals surface area contributed by atoms with Crippen molar-refractivity contribution in [2.45, 2.75) is 25.5 Å². The van der Waals surface area contributed by atoms with E-state index in [0.717, 1.165) is 35.4 Å². The minimum absolute atomic E-state index is 0.430. The molecule has 0 bridgehead atoms. The summed E-state index contributed by atoms with van der Waals surface area (Å²) in [4.78, 5) is 2.24. The quantitative estimate of drug-likeness (QED) is 0.931. The maximum Gasteiger partial charge on any atom is 0.0762 e. The van der Waals surface area contributed by atoms with Crippen LogP contribution < -0.4 is 4.90 Å². The second-order valence-electron chi connectivity index (χ2n) is 4.52. The molecule has 17 heavy (non-hydrogen) atoms. The van der Waals surface area contributed by atoms with E-state index in [9.17, 15) is 5.11 Å². The molecule has 1 saturated heterocycles. The monoisotopic (exact) mass is 299 g/mol. The van der Waals surface area contributed by atoms with Crippen molar-refractivity contribution in [1.82, 2.24) is 0 Å². The lowest BCUT2D eigenvalue weighted by Crippen LogP contribution is -2.32. The van der Waals surface area contributed by atoms with E-state index in [1.54, 1.807) is 6.92 Å². The molecule has 1 fully saturated rings. The lowest BCUT2D eigenvalue weighted by Gasteiger charge is -2.27. The molecule has 0 aromatic heterocycles. The Kier molecular flexibility index (Phi) is 4.07. The molecule has 2 unspecified atom stereocenters. The Labute approximate surface area is 111 Å². The summed E-state index contributed by atoms with van der Waals surface area (Å²) < 4.78 is 6.42. The average molecular weight is 300 g/mol. The molecule has 1 aromatic carbocycles. The summed E-state index contributed by atoms with van der Waals surface area (Å²) >= 11 is 3.57. The molecule has 94 valence electrons. The van der Waals surface area contributed by atoms with Crippen LogP contribution in [0.15, 0.2) is 22.7 Å². The fourth-order valence-electron chi connectivity index (χ4n) is 2.09. The molecular weight excluding hydrogens is 282 g/mol. The lowest BCUT2D eigenvalue weighted by molar-refractivity contribution is 0.193. The van der Waals surface area contributed by atoms with Crippen molar-refractivity contribution < 1.29 is 9.84 Å². The van der Waals surface area contributed by atoms with E-state index in [1.807, 2.05) is 18.2 Å². The highest BCUT2D eigenvalue weighted by molar-refractivity contribution is 9.10. The third-order valence-corrected chi connectivity index (χ3v) is 3.92. The van der Waals surface area contributed by atoms with Gasteiger partial charge in [0.25, 0.3) is 0 Å². The van der Waals surface area contributed by atoms with Crippen LogP contribution in [-0.4, -0.2) is 31.4 Å². The van der Waals surface area contributed by atoms with Gasteiger partial charge >= 0.3 is 0 Å². The van der Waals surface area contributed by atoms with Crippen molar-refractivity contribution in [2.24, 2.45) is 0 Å². The average Bonchev–Trinajstić information content (AvgIpc) is 2.81. The normalized spacial score (nSPS) is 21.5. The van der Waals surface area contributed by atoms with Gasteiger partial charge in [-0.05, 0) is 47.0 Å². The smallest absolute Gasteiger partial charge is 0.0762 e. The lowest BCUT2D eigenvalue weighted by atomic mass is 10.1. The Hall–Kier alpha value is -0.580. The van der Waals surface area contributed by atoms with Crippen molar-refractivity contribution in [2.75, 3.05) is 25.2 Å². The number of hydrogen-bond acceptors (Lipinski definition) is 3. The van der Waals surface area contributed by atoms with Gasteiger partial charge in [-0.1, -0.05) is 6.07 Å². The van der Waals surface area contributed by atoms with Crippen LogP contribution >= 0.6 is 15.9 Å². The van der Waals surface area contributed by atoms with E-state index in [2.05, 4.69) is 27.9 Å². The Morgan fingerprint density at radius 2 is 2.29 bits per heavy atom. The van der Waals surface area contributed by atoms with Gasteiger partial charge in [0.05, 0.1) is 24.4 Å². The molecule has 2 atom stereocenters. The minimum Gasteiger partial charge on any atom is -0.389 e. The van der Waals surface area contributed by atoms with E-state index in [-0.39, 0.29) is 0 Å². The van der Waals surface area contributed by atoms with Crippen molar-refractivity contribution in [1.29, 1.82) is 0 Å². The van der Waals surface area contributed by atoms with Gasteiger partial charge in [0.2, 0.25) is 0 Å². The Bertz CT molecular complexity index is 389. The van der Waals surface area contributed by atoms with Gasteiger partial charge < -0.3 is 14.7 Å². The standard InChI is InChI=1S/C13H18BrNO2/c1-9(16)10-3-4-13(12(14)7-10)15(2)11-5-6-17-8-11/h3-4,7,9,11,16H,5-6,8H2,1-2H3. The van der Waals surface area contributed by atoms with Crippen molar-refractivity contribution in [3.63, 3.8) is 0 Å². The third-order valence-electron chi connectivity index (χ3n) is 3.29. The van der Waals surface area contributed by atoms with Crippen LogP contribution in [0.3, 0.4) is 0 Å². The number of likely N-dealkylation sites (N-methyl/N-ethyl adjacent to an activating group) is 1. The molecule has 0 amide bonds. The van der Waals surface area contributed by atoms with Gasteiger partial charge in [0, 0.05) is 18.1 Å². The number of hydrogen-bond donors (Lipinski definition) is 1. The summed E-state index contributed by atoms with van der Waals surface area (Å²) in [6, 6.07) is 6.44. The largest absolute Gasteiger partial charge is 0.389 e. The molecule has 4 heteroatoms. The Balaban J connectivity index is 2.20. The Morgan fingerprint density at radius 1 is 1.53 bits per heavy atom. The molecular formula is C13H18BrNO2. The first-order valence-corrected chi connectivity index (χ1v) is 6.67. The summed E-state index contributed by atoms with van der Waals surface area (Å²) in [5, 5.41) is 9.53. The van der Waals surface area contributed by atoms with Crippen LogP contribution in [-0.2, 0) is 4.74 Å². The number of halogens is 1. The number of anilines is 1. The van der Waals surface area contributed by atoms with E-state index in [4.69, 9.17) is 4.74 Å². The first kappa shape index (κ1) is 12.9. The summed E-state index contributed by atoms with van der Waals surface area (Å²) in [6.07, 6.45) is 0.640. The minimum atomic E-state index is -0.430. The van der Waals surface area contributed by atoms with Crippen LogP contribution in [0, 0.1) is 0 Å². The van der Waals surface area contributed by atoms with E-state index < -0.39 is 6.10 Å². The zero-order chi connectivity index (χ0) is 12.4. The van der Waals surface area contributed by atoms with Gasteiger partial charge in [-0.2, -0.15) is 0 Å². The van der Waals surface area contributed by atoms with Crippen LogP contribution in [0.5, 0.6) is 0 Å². The molecule has 0 radical (unpaired) electrons. The van der Waals surface area contributed by atoms with Crippen molar-refractivity contribution in [3.05, 3.63) is 28.2 Å². The highest BCUT2D eigenvalue weighted by atomic mass is 79.9. The molecule has 1 heterocycles. The molecule has 1 aromatic rings. The molecule has 3 nitrogen and oxygen atoms in total. The summed E-state index contributed by atoms with van der Waals surface area (Å²) in [5.41, 5.74) is 2.07. The van der Waals surface area contributed by atoms with Crippen LogP contribution in [0.4, 0.5) is 5.69 Å². The number of rotatable bonds is 3. The van der Waals surface area contributed by atoms with Crippen LogP contribution in [0.25, 0.3) is 0 Å². The van der Waals surface area contributed by atoms with Gasteiger partial charge in [-0.15, -0.1) is 0 Å². The van der Waals surface area contributed by atoms with E-state index in [0.29, 0.717) is 6.04 Å². The second-order valence-corrected chi connectivity index (χ2v) is 5.37. The van der Waals surface area contributed by atoms with Gasteiger partial charge in [-0.25, -0.2) is 0 Å². The van der Waals surface area contributed by atoms with Crippen LogP contribution in [0.1, 0.15) is 25.0 Å². The Morgan fingerprint density at radius 3 is 2.82 bits per heavy atom. The molecule has 1 N–H and O–H groups in total. The van der Waals surface area contributed by atoms with Crippen LogP contribution in [0.2, 0.25) is 0 Å². The molecule has 0 aliphatic carbocycles. The van der Waals surface area contributed by atoms with Gasteiger partial charge in [0.1, 0.15) is 0 Å². The van der Waals surface area contributed by atoms with Crippen molar-refractivity contribution >= 4 is 21.6 Å². The molecule has 0 saturated carbocycles. The molecule has 1 aliphatic heterocycles. The highest BCUT2D eigenvalue weighted by Crippen LogP contribution is 2.31. The van der Waals surface area contributed by atoms with Crippen molar-refractivity contribution in [3.8, 4) is 0 Å². The number of aliphatic hydroxyl groups excluding tert-OH is 1. The highest BCUT2D eigenvalue weighted by Gasteiger charge is 2.22. The summed E-state index contributed by atoms with van der Waals surface area (Å²) in [7, 11) is 2.08. The SMILES string of the molecule is CC(O)c1ccc(N(C)C2CCOC2)c(Br)c1. The van der Waals surface area contributed by atoms with Gasteiger partial charge in [0.15, 0.2) is 0 Å². The first-order chi connectivity index (χ1) is 8.09. The maximum atomic E-state index is 9.53. The number of benzene rings is 1. The maximum absolute atomic E-state index is 9.53. The van der Waals surface area contributed by atoms with E-state index >= 15 is 0 Å². The predicted molar refractivity (Wildman–Crippen MR) is 72.4 cm³/mol. The second kappa shape index (κ2) is 5.38. The predicted octanol–water partition coefficient (Wildman–Crippen LogP) is 2.73. The molecule has 0 spiro atoms. The van der Waals surface area contributed by atoms with Gasteiger partial charge in [-0.3, -0.25) is 0 Å².